The van der Waals surface area contributed by atoms with Crippen molar-refractivity contribution in [3.63, 3.8) is 0 Å². The lowest BCUT2D eigenvalue weighted by molar-refractivity contribution is -0.160. The fraction of sp³-hybridized carbons (Fsp3) is 0.421. The van der Waals surface area contributed by atoms with E-state index in [2.05, 4.69) is 6.58 Å². The summed E-state index contributed by atoms with van der Waals surface area (Å²) in [5.41, 5.74) is 0.201. The average molecular weight is 422 g/mol. The largest absolute Gasteiger partial charge is 0.458 e. The molecule has 3 fully saturated rings. The van der Waals surface area contributed by atoms with Crippen molar-refractivity contribution >= 4 is 28.0 Å². The Morgan fingerprint density at radius 2 is 1.86 bits per heavy atom. The fourth-order valence-electron chi connectivity index (χ4n) is 4.56. The summed E-state index contributed by atoms with van der Waals surface area (Å²) in [6.45, 7) is 5.04. The molecular weight excluding hydrogens is 404 g/mol. The molecule has 1 aromatic carbocycles. The van der Waals surface area contributed by atoms with Crippen LogP contribution >= 0.6 is 0 Å². The van der Waals surface area contributed by atoms with Crippen molar-refractivity contribution in [1.82, 2.24) is 0 Å². The third-order valence-electron chi connectivity index (χ3n) is 5.75. The van der Waals surface area contributed by atoms with Crippen molar-refractivity contribution in [3.05, 3.63) is 36.4 Å². The molecule has 1 heterocycles. The van der Waals surface area contributed by atoms with Crippen LogP contribution in [0.25, 0.3) is 0 Å². The number of esters is 3. The van der Waals surface area contributed by atoms with Gasteiger partial charge in [0.05, 0.1) is 16.7 Å². The first-order chi connectivity index (χ1) is 13.6. The van der Waals surface area contributed by atoms with Gasteiger partial charge in [-0.3, -0.25) is 14.1 Å². The molecule has 2 saturated carbocycles. The lowest BCUT2D eigenvalue weighted by atomic mass is 9.78. The molecule has 1 N–H and O–H groups in total. The van der Waals surface area contributed by atoms with Crippen LogP contribution in [0.2, 0.25) is 0 Å². The molecule has 6 unspecified atom stereocenters. The zero-order valence-corrected chi connectivity index (χ0v) is 16.1. The Balaban J connectivity index is 1.54. The summed E-state index contributed by atoms with van der Waals surface area (Å²) < 4.78 is 47.4. The highest BCUT2D eigenvalue weighted by molar-refractivity contribution is 7.85. The highest BCUT2D eigenvalue weighted by atomic mass is 32.2. The van der Waals surface area contributed by atoms with Gasteiger partial charge in [-0.1, -0.05) is 6.58 Å². The van der Waals surface area contributed by atoms with Crippen molar-refractivity contribution in [3.8, 4) is 5.75 Å². The second-order valence-electron chi connectivity index (χ2n) is 7.53. The number of carbonyl (C=O) groups excluding carboxylic acids is 3. The van der Waals surface area contributed by atoms with Gasteiger partial charge in [0.15, 0.2) is 0 Å². The molecular formula is C19H18O9S. The van der Waals surface area contributed by atoms with Crippen LogP contribution in [-0.4, -0.2) is 43.1 Å². The maximum atomic E-state index is 12.8. The minimum absolute atomic E-state index is 0.0589. The first kappa shape index (κ1) is 19.6. The standard InChI is InChI=1S/C19H18O9S/c1-8(2)17(20)27-15-11-7-12-14(19(22)28-16(12)15)13(11)18(21)26-9-3-5-10(6-4-9)29(23,24)25/h3-6,11-16H,1,7H2,2H3,(H,23,24,25). The first-order valence-electron chi connectivity index (χ1n) is 8.94. The summed E-state index contributed by atoms with van der Waals surface area (Å²) in [5, 5.41) is 0. The number of hydrogen-bond acceptors (Lipinski definition) is 8. The molecule has 3 aliphatic rings. The van der Waals surface area contributed by atoms with Crippen LogP contribution in [0.3, 0.4) is 0 Å². The number of rotatable bonds is 5. The summed E-state index contributed by atoms with van der Waals surface area (Å²) in [5.74, 6) is -3.90. The first-order valence-corrected chi connectivity index (χ1v) is 10.4. The van der Waals surface area contributed by atoms with Gasteiger partial charge in [-0.2, -0.15) is 8.42 Å². The van der Waals surface area contributed by atoms with Gasteiger partial charge in [-0.25, -0.2) is 4.79 Å². The second kappa shape index (κ2) is 6.67. The van der Waals surface area contributed by atoms with Gasteiger partial charge in [-0.05, 0) is 37.6 Å². The van der Waals surface area contributed by atoms with E-state index in [1.165, 1.54) is 19.1 Å². The molecule has 10 heteroatoms. The van der Waals surface area contributed by atoms with Gasteiger partial charge in [0, 0.05) is 17.4 Å². The van der Waals surface area contributed by atoms with Crippen LogP contribution in [0.4, 0.5) is 0 Å². The van der Waals surface area contributed by atoms with Crippen LogP contribution in [0.1, 0.15) is 13.3 Å². The minimum Gasteiger partial charge on any atom is -0.458 e. The molecule has 2 bridgehead atoms. The molecule has 29 heavy (non-hydrogen) atoms. The smallest absolute Gasteiger partial charge is 0.333 e. The Hall–Kier alpha value is -2.72. The maximum Gasteiger partial charge on any atom is 0.333 e. The van der Waals surface area contributed by atoms with E-state index in [0.717, 1.165) is 12.1 Å². The van der Waals surface area contributed by atoms with Crippen LogP contribution in [0.5, 0.6) is 5.75 Å². The monoisotopic (exact) mass is 422 g/mol. The van der Waals surface area contributed by atoms with Crippen LogP contribution < -0.4 is 4.74 Å². The van der Waals surface area contributed by atoms with Gasteiger partial charge in [0.25, 0.3) is 10.1 Å². The van der Waals surface area contributed by atoms with Gasteiger partial charge in [-0.15, -0.1) is 0 Å². The Labute approximate surface area is 166 Å². The van der Waals surface area contributed by atoms with E-state index >= 15 is 0 Å². The normalized spacial score (nSPS) is 32.0. The average Bonchev–Trinajstić information content (AvgIpc) is 3.24. The Morgan fingerprint density at radius 3 is 2.45 bits per heavy atom. The molecule has 1 saturated heterocycles. The van der Waals surface area contributed by atoms with Crippen molar-refractivity contribution in [2.45, 2.75) is 30.4 Å². The molecule has 1 aromatic rings. The van der Waals surface area contributed by atoms with Crippen molar-refractivity contribution in [2.75, 3.05) is 0 Å². The molecule has 0 spiro atoms. The van der Waals surface area contributed by atoms with Crippen LogP contribution in [0, 0.1) is 23.7 Å². The molecule has 1 aliphatic heterocycles. The van der Waals surface area contributed by atoms with Crippen LogP contribution in [0.15, 0.2) is 41.3 Å². The van der Waals surface area contributed by atoms with Gasteiger partial charge >= 0.3 is 17.9 Å². The van der Waals surface area contributed by atoms with Crippen molar-refractivity contribution < 1.29 is 41.6 Å². The Bertz CT molecular complexity index is 1010. The lowest BCUT2D eigenvalue weighted by Crippen LogP contribution is -2.44. The zero-order valence-electron chi connectivity index (χ0n) is 15.3. The second-order valence-corrected chi connectivity index (χ2v) is 8.96. The third-order valence-corrected chi connectivity index (χ3v) is 6.62. The molecule has 4 rings (SSSR count). The Morgan fingerprint density at radius 1 is 1.21 bits per heavy atom. The number of ether oxygens (including phenoxy) is 3. The van der Waals surface area contributed by atoms with Gasteiger partial charge in [0.1, 0.15) is 18.0 Å². The fourth-order valence-corrected chi connectivity index (χ4v) is 5.04. The number of carbonyl (C=O) groups is 3. The predicted molar refractivity (Wildman–Crippen MR) is 95.0 cm³/mol. The van der Waals surface area contributed by atoms with Gasteiger partial charge < -0.3 is 14.2 Å². The number of hydrogen-bond donors (Lipinski definition) is 1. The van der Waals surface area contributed by atoms with E-state index in [4.69, 9.17) is 18.8 Å². The van der Waals surface area contributed by atoms with E-state index in [9.17, 15) is 22.8 Å². The molecule has 9 nitrogen and oxygen atoms in total. The van der Waals surface area contributed by atoms with E-state index in [-0.39, 0.29) is 22.1 Å². The van der Waals surface area contributed by atoms with E-state index in [1.54, 1.807) is 0 Å². The van der Waals surface area contributed by atoms with E-state index in [0.29, 0.717) is 6.42 Å². The van der Waals surface area contributed by atoms with E-state index in [1.807, 2.05) is 0 Å². The van der Waals surface area contributed by atoms with Crippen LogP contribution in [-0.2, 0) is 34.0 Å². The summed E-state index contributed by atoms with van der Waals surface area (Å²) >= 11 is 0. The van der Waals surface area contributed by atoms with Crippen molar-refractivity contribution in [2.24, 2.45) is 23.7 Å². The quantitative estimate of drug-likeness (QED) is 0.321. The topological polar surface area (TPSA) is 133 Å². The maximum absolute atomic E-state index is 12.8. The lowest BCUT2D eigenvalue weighted by Gasteiger charge is -2.30. The summed E-state index contributed by atoms with van der Waals surface area (Å²) in [7, 11) is -4.37. The van der Waals surface area contributed by atoms with Gasteiger partial charge in [0.2, 0.25) is 0 Å². The predicted octanol–water partition coefficient (Wildman–Crippen LogP) is 1.13. The molecule has 154 valence electrons. The third kappa shape index (κ3) is 3.22. The summed E-state index contributed by atoms with van der Waals surface area (Å²) in [4.78, 5) is 36.7. The SMILES string of the molecule is C=C(C)C(=O)OC1C2CC3C1OC(=O)C3C2C(=O)Oc1ccc(S(=O)(=O)O)cc1. The highest BCUT2D eigenvalue weighted by Crippen LogP contribution is 2.59. The number of benzene rings is 1. The molecule has 2 aliphatic carbocycles. The Kier molecular flexibility index (Phi) is 4.50. The number of fused-ring (bicyclic) bond motifs is 1. The highest BCUT2D eigenvalue weighted by Gasteiger charge is 2.70. The molecule has 0 aromatic heterocycles. The van der Waals surface area contributed by atoms with Crippen molar-refractivity contribution in [1.29, 1.82) is 0 Å². The summed E-state index contributed by atoms with van der Waals surface area (Å²) in [6.07, 6.45) is -0.818. The minimum atomic E-state index is -4.37. The van der Waals surface area contributed by atoms with E-state index < -0.39 is 58.0 Å². The zero-order chi connectivity index (χ0) is 21.1. The molecule has 6 atom stereocenters. The molecule has 0 radical (unpaired) electrons. The molecule has 0 amide bonds. The summed E-state index contributed by atoms with van der Waals surface area (Å²) in [6, 6.07) is 4.64.